The molecule has 2 aromatic heterocycles. The summed E-state index contributed by atoms with van der Waals surface area (Å²) in [5.74, 6) is -1.21. The molecule has 0 bridgehead atoms. The molecule has 0 radical (unpaired) electrons. The number of nitrogens with zero attached hydrogens (tertiary/aromatic N) is 5. The van der Waals surface area contributed by atoms with Gasteiger partial charge < -0.3 is 15.5 Å². The average molecular weight is 464 g/mol. The number of fused-ring (bicyclic) bond motifs is 2. The van der Waals surface area contributed by atoms with Gasteiger partial charge in [0.15, 0.2) is 0 Å². The molecule has 1 unspecified atom stereocenters. The number of nitrogens with one attached hydrogen (secondary N) is 2. The molecule has 3 heterocycles. The lowest BCUT2D eigenvalue weighted by atomic mass is 9.95. The molecule has 178 valence electrons. The molecule has 0 saturated heterocycles. The van der Waals surface area contributed by atoms with E-state index in [0.29, 0.717) is 28.9 Å². The highest BCUT2D eigenvalue weighted by Gasteiger charge is 2.35. The van der Waals surface area contributed by atoms with Crippen LogP contribution in [0, 0.1) is 6.92 Å². The van der Waals surface area contributed by atoms with E-state index in [4.69, 9.17) is 0 Å². The minimum Gasteiger partial charge on any atom is -0.338 e. The first-order valence-corrected chi connectivity index (χ1v) is 11.3. The third kappa shape index (κ3) is 4.24. The zero-order valence-corrected chi connectivity index (χ0v) is 19.8. The number of rotatable bonds is 7. The fourth-order valence-electron chi connectivity index (χ4n) is 4.31. The molecule has 1 aliphatic heterocycles. The Hall–Kier alpha value is -3.79. The van der Waals surface area contributed by atoms with Crippen molar-refractivity contribution in [2.45, 2.75) is 26.2 Å². The highest BCUT2D eigenvalue weighted by Crippen LogP contribution is 2.38. The van der Waals surface area contributed by atoms with E-state index in [2.05, 4.69) is 20.7 Å². The standard InChI is InChI=1S/C24H29N7O3/c1-5-30(24(34)25-11-8-12-29(3)4)23(33)17-13-31-21(15(17)2)20(26-14-27-31)19-16-9-6-7-10-18(16)28-22(19)32/h6-7,9-10,13-14,19H,5,8,11-12H2,1-4H3,(H,25,34)(H,28,32). The molecule has 10 heteroatoms. The summed E-state index contributed by atoms with van der Waals surface area (Å²) in [5.41, 5.74) is 3.65. The summed E-state index contributed by atoms with van der Waals surface area (Å²) >= 11 is 0. The van der Waals surface area contributed by atoms with Gasteiger partial charge in [0.2, 0.25) is 5.91 Å². The zero-order chi connectivity index (χ0) is 24.4. The largest absolute Gasteiger partial charge is 0.338 e. The Kier molecular flexibility index (Phi) is 6.60. The minimum absolute atomic E-state index is 0.178. The van der Waals surface area contributed by atoms with Crippen LogP contribution in [-0.2, 0) is 4.79 Å². The first-order valence-electron chi connectivity index (χ1n) is 11.3. The van der Waals surface area contributed by atoms with Gasteiger partial charge in [-0.2, -0.15) is 5.10 Å². The first-order chi connectivity index (χ1) is 16.3. The molecule has 10 nitrogen and oxygen atoms in total. The molecule has 4 amide bonds. The van der Waals surface area contributed by atoms with Crippen LogP contribution in [0.5, 0.6) is 0 Å². The molecule has 1 aliphatic rings. The van der Waals surface area contributed by atoms with Crippen LogP contribution in [0.25, 0.3) is 5.52 Å². The van der Waals surface area contributed by atoms with E-state index in [9.17, 15) is 14.4 Å². The second-order valence-electron chi connectivity index (χ2n) is 8.55. The predicted octanol–water partition coefficient (Wildman–Crippen LogP) is 2.25. The van der Waals surface area contributed by atoms with E-state index < -0.39 is 17.9 Å². The summed E-state index contributed by atoms with van der Waals surface area (Å²) < 4.78 is 1.56. The van der Waals surface area contributed by atoms with Gasteiger partial charge in [0.25, 0.3) is 5.91 Å². The third-order valence-corrected chi connectivity index (χ3v) is 6.02. The fourth-order valence-corrected chi connectivity index (χ4v) is 4.31. The highest BCUT2D eigenvalue weighted by atomic mass is 16.2. The van der Waals surface area contributed by atoms with Gasteiger partial charge in [0.05, 0.1) is 16.8 Å². The van der Waals surface area contributed by atoms with Crippen LogP contribution in [0.2, 0.25) is 0 Å². The number of aromatic nitrogens is 3. The lowest BCUT2D eigenvalue weighted by Crippen LogP contribution is -2.44. The van der Waals surface area contributed by atoms with Gasteiger partial charge in [-0.05, 0) is 58.1 Å². The molecule has 0 fully saturated rings. The quantitative estimate of drug-likeness (QED) is 0.520. The number of aryl methyl sites for hydroxylation is 1. The number of para-hydroxylation sites is 1. The number of carbonyl (C=O) groups excluding carboxylic acids is 3. The van der Waals surface area contributed by atoms with Crippen molar-refractivity contribution in [2.75, 3.05) is 39.0 Å². The summed E-state index contributed by atoms with van der Waals surface area (Å²) in [6.07, 6.45) is 3.75. The Morgan fingerprint density at radius 3 is 2.74 bits per heavy atom. The monoisotopic (exact) mass is 463 g/mol. The topological polar surface area (TPSA) is 112 Å². The van der Waals surface area contributed by atoms with Crippen molar-refractivity contribution in [1.82, 2.24) is 29.7 Å². The molecule has 0 spiro atoms. The number of amides is 4. The summed E-state index contributed by atoms with van der Waals surface area (Å²) in [6, 6.07) is 7.04. The normalized spacial score (nSPS) is 14.9. The van der Waals surface area contributed by atoms with Crippen molar-refractivity contribution in [1.29, 1.82) is 0 Å². The van der Waals surface area contributed by atoms with Gasteiger partial charge in [-0.15, -0.1) is 0 Å². The molecule has 3 aromatic rings. The molecule has 0 aliphatic carbocycles. The third-order valence-electron chi connectivity index (χ3n) is 6.02. The molecule has 4 rings (SSSR count). The minimum atomic E-state index is -0.611. The Bertz CT molecular complexity index is 1250. The van der Waals surface area contributed by atoms with E-state index in [1.54, 1.807) is 24.6 Å². The molecule has 0 saturated carbocycles. The number of hydrogen-bond donors (Lipinski definition) is 2. The van der Waals surface area contributed by atoms with Crippen molar-refractivity contribution in [3.05, 3.63) is 59.2 Å². The lowest BCUT2D eigenvalue weighted by Gasteiger charge is -2.20. The first kappa shape index (κ1) is 23.4. The zero-order valence-electron chi connectivity index (χ0n) is 19.8. The highest BCUT2D eigenvalue weighted by molar-refractivity contribution is 6.08. The molecular weight excluding hydrogens is 434 g/mol. The van der Waals surface area contributed by atoms with Gasteiger partial charge in [-0.25, -0.2) is 14.3 Å². The Morgan fingerprint density at radius 2 is 2.00 bits per heavy atom. The van der Waals surface area contributed by atoms with E-state index >= 15 is 0 Å². The summed E-state index contributed by atoms with van der Waals surface area (Å²) in [5, 5.41) is 9.97. The Morgan fingerprint density at radius 1 is 1.24 bits per heavy atom. The maximum absolute atomic E-state index is 13.4. The Labute approximate surface area is 197 Å². The van der Waals surface area contributed by atoms with Gasteiger partial charge in [-0.1, -0.05) is 18.2 Å². The van der Waals surface area contributed by atoms with Crippen molar-refractivity contribution in [3.63, 3.8) is 0 Å². The van der Waals surface area contributed by atoms with Crippen LogP contribution in [0.4, 0.5) is 10.5 Å². The van der Waals surface area contributed by atoms with Gasteiger partial charge in [0, 0.05) is 25.0 Å². The average Bonchev–Trinajstić information content (AvgIpc) is 3.33. The second kappa shape index (κ2) is 9.60. The van der Waals surface area contributed by atoms with Crippen molar-refractivity contribution in [2.24, 2.45) is 0 Å². The van der Waals surface area contributed by atoms with E-state index in [-0.39, 0.29) is 12.5 Å². The number of imide groups is 1. The summed E-state index contributed by atoms with van der Waals surface area (Å²) in [6.45, 7) is 5.08. The molecule has 34 heavy (non-hydrogen) atoms. The van der Waals surface area contributed by atoms with Crippen LogP contribution in [0.15, 0.2) is 36.8 Å². The smallest absolute Gasteiger partial charge is 0.324 e. The molecule has 2 N–H and O–H groups in total. The number of benzene rings is 1. The van der Waals surface area contributed by atoms with Crippen LogP contribution in [0.1, 0.15) is 46.4 Å². The summed E-state index contributed by atoms with van der Waals surface area (Å²) in [4.78, 5) is 46.5. The van der Waals surface area contributed by atoms with Gasteiger partial charge in [0.1, 0.15) is 12.2 Å². The van der Waals surface area contributed by atoms with E-state index in [0.717, 1.165) is 24.2 Å². The van der Waals surface area contributed by atoms with Crippen LogP contribution >= 0.6 is 0 Å². The number of anilines is 1. The molecule has 1 atom stereocenters. The Balaban J connectivity index is 1.65. The maximum atomic E-state index is 13.4. The van der Waals surface area contributed by atoms with Crippen LogP contribution in [-0.4, -0.2) is 76.0 Å². The number of hydrogen-bond acceptors (Lipinski definition) is 6. The van der Waals surface area contributed by atoms with E-state index in [1.807, 2.05) is 43.3 Å². The van der Waals surface area contributed by atoms with Crippen molar-refractivity contribution in [3.8, 4) is 0 Å². The number of urea groups is 1. The predicted molar refractivity (Wildman–Crippen MR) is 128 cm³/mol. The fraction of sp³-hybridized carbons (Fsp3) is 0.375. The van der Waals surface area contributed by atoms with Gasteiger partial charge in [-0.3, -0.25) is 14.5 Å². The second-order valence-corrected chi connectivity index (χ2v) is 8.55. The summed E-state index contributed by atoms with van der Waals surface area (Å²) in [7, 11) is 3.93. The SMILES string of the molecule is CCN(C(=O)NCCCN(C)C)C(=O)c1cn2ncnc(C3C(=O)Nc4ccccc43)c2c1C. The van der Waals surface area contributed by atoms with Crippen LogP contribution in [0.3, 0.4) is 0 Å². The molecular formula is C24H29N7O3. The maximum Gasteiger partial charge on any atom is 0.324 e. The number of carbonyl (C=O) groups is 3. The van der Waals surface area contributed by atoms with E-state index in [1.165, 1.54) is 11.2 Å². The van der Waals surface area contributed by atoms with Crippen molar-refractivity contribution < 1.29 is 14.4 Å². The van der Waals surface area contributed by atoms with Crippen molar-refractivity contribution >= 4 is 29.0 Å². The molecule has 1 aromatic carbocycles. The van der Waals surface area contributed by atoms with Crippen LogP contribution < -0.4 is 10.6 Å². The van der Waals surface area contributed by atoms with Gasteiger partial charge >= 0.3 is 6.03 Å². The lowest BCUT2D eigenvalue weighted by molar-refractivity contribution is -0.116.